The van der Waals surface area contributed by atoms with E-state index in [9.17, 15) is 19.7 Å². The van der Waals surface area contributed by atoms with Crippen molar-refractivity contribution in [1.82, 2.24) is 10.6 Å². The average molecular weight is 287 g/mol. The number of nitro benzene ring substituents is 1. The number of nitro groups is 1. The Bertz CT molecular complexity index is 520. The number of carbonyl (C=O) groups is 2. The zero-order valence-corrected chi connectivity index (χ0v) is 10.4. The minimum Gasteiger partial charge on any atom is -0.352 e. The van der Waals surface area contributed by atoms with E-state index in [4.69, 9.17) is 17.3 Å². The first kappa shape index (κ1) is 14.7. The second-order valence-corrected chi connectivity index (χ2v) is 3.88. The number of nitrogens with one attached hydrogen (secondary N) is 2. The number of carbonyl (C=O) groups excluding carboxylic acids is 2. The Morgan fingerprint density at radius 3 is 2.47 bits per heavy atom. The van der Waals surface area contributed by atoms with Gasteiger partial charge >= 0.3 is 6.03 Å². The summed E-state index contributed by atoms with van der Waals surface area (Å²) < 4.78 is 0. The molecule has 0 spiro atoms. The molecular formula is C10H11ClN4O4. The average Bonchev–Trinajstić information content (AvgIpc) is 2.33. The Morgan fingerprint density at radius 1 is 1.32 bits per heavy atom. The first-order chi connectivity index (χ1) is 8.91. The molecule has 0 aliphatic heterocycles. The van der Waals surface area contributed by atoms with Crippen LogP contribution in [-0.4, -0.2) is 30.0 Å². The maximum atomic E-state index is 11.6. The highest BCUT2D eigenvalue weighted by atomic mass is 35.5. The molecule has 102 valence electrons. The number of urea groups is 1. The van der Waals surface area contributed by atoms with Gasteiger partial charge in [-0.05, 0) is 12.1 Å². The van der Waals surface area contributed by atoms with Crippen molar-refractivity contribution in [2.24, 2.45) is 5.73 Å². The fourth-order valence-corrected chi connectivity index (χ4v) is 1.51. The Labute approximate surface area is 113 Å². The summed E-state index contributed by atoms with van der Waals surface area (Å²) in [4.78, 5) is 31.9. The third kappa shape index (κ3) is 4.43. The van der Waals surface area contributed by atoms with Crippen LogP contribution in [0.5, 0.6) is 0 Å². The fraction of sp³-hybridized carbons (Fsp3) is 0.200. The van der Waals surface area contributed by atoms with Gasteiger partial charge in [0.1, 0.15) is 5.02 Å². The van der Waals surface area contributed by atoms with E-state index in [-0.39, 0.29) is 29.4 Å². The van der Waals surface area contributed by atoms with E-state index < -0.39 is 16.9 Å². The van der Waals surface area contributed by atoms with Crippen LogP contribution in [0.1, 0.15) is 10.4 Å². The molecule has 1 aromatic carbocycles. The van der Waals surface area contributed by atoms with Crippen molar-refractivity contribution in [3.05, 3.63) is 38.9 Å². The molecule has 0 saturated carbocycles. The lowest BCUT2D eigenvalue weighted by Gasteiger charge is -2.06. The molecule has 0 aliphatic rings. The first-order valence-corrected chi connectivity index (χ1v) is 5.55. The summed E-state index contributed by atoms with van der Waals surface area (Å²) in [6.07, 6.45) is 0. The SMILES string of the molecule is NC(=O)NCCNC(=O)c1ccc([N+](=O)[O-])c(Cl)c1. The van der Waals surface area contributed by atoms with Gasteiger partial charge in [0, 0.05) is 24.7 Å². The van der Waals surface area contributed by atoms with E-state index in [2.05, 4.69) is 10.6 Å². The molecule has 0 heterocycles. The summed E-state index contributed by atoms with van der Waals surface area (Å²) in [6, 6.07) is 2.96. The molecule has 3 amide bonds. The Morgan fingerprint density at radius 2 is 1.95 bits per heavy atom. The van der Waals surface area contributed by atoms with Crippen LogP contribution in [0.15, 0.2) is 18.2 Å². The van der Waals surface area contributed by atoms with Gasteiger partial charge in [0.25, 0.3) is 11.6 Å². The van der Waals surface area contributed by atoms with E-state index in [0.29, 0.717) is 0 Å². The van der Waals surface area contributed by atoms with Crippen molar-refractivity contribution in [1.29, 1.82) is 0 Å². The maximum absolute atomic E-state index is 11.6. The Balaban J connectivity index is 2.60. The lowest BCUT2D eigenvalue weighted by atomic mass is 10.2. The highest BCUT2D eigenvalue weighted by Crippen LogP contribution is 2.24. The van der Waals surface area contributed by atoms with Gasteiger partial charge < -0.3 is 16.4 Å². The predicted molar refractivity (Wildman–Crippen MR) is 68.0 cm³/mol. The van der Waals surface area contributed by atoms with E-state index in [0.717, 1.165) is 6.07 Å². The molecule has 9 heteroatoms. The number of benzene rings is 1. The van der Waals surface area contributed by atoms with Crippen LogP contribution in [-0.2, 0) is 0 Å². The fourth-order valence-electron chi connectivity index (χ4n) is 1.26. The van der Waals surface area contributed by atoms with Gasteiger partial charge in [-0.1, -0.05) is 11.6 Å². The van der Waals surface area contributed by atoms with Crippen LogP contribution in [0.25, 0.3) is 0 Å². The zero-order valence-electron chi connectivity index (χ0n) is 9.68. The molecule has 8 nitrogen and oxygen atoms in total. The van der Waals surface area contributed by atoms with Gasteiger partial charge in [0.2, 0.25) is 0 Å². The topological polar surface area (TPSA) is 127 Å². The number of hydrogen-bond acceptors (Lipinski definition) is 4. The molecule has 0 aromatic heterocycles. The number of rotatable bonds is 5. The van der Waals surface area contributed by atoms with Crippen LogP contribution >= 0.6 is 11.6 Å². The Kier molecular flexibility index (Phi) is 5.07. The Hall–Kier alpha value is -2.35. The maximum Gasteiger partial charge on any atom is 0.312 e. The summed E-state index contributed by atoms with van der Waals surface area (Å²) >= 11 is 5.68. The molecule has 19 heavy (non-hydrogen) atoms. The second kappa shape index (κ2) is 6.55. The predicted octanol–water partition coefficient (Wildman–Crippen LogP) is 0.646. The summed E-state index contributed by atoms with van der Waals surface area (Å²) in [7, 11) is 0. The number of halogens is 1. The lowest BCUT2D eigenvalue weighted by molar-refractivity contribution is -0.384. The standard InChI is InChI=1S/C10H11ClN4O4/c11-7-5-6(1-2-8(7)15(18)19)9(16)13-3-4-14-10(12)17/h1-2,5H,3-4H2,(H,13,16)(H3,12,14,17). The van der Waals surface area contributed by atoms with Crippen molar-refractivity contribution in [2.75, 3.05) is 13.1 Å². The number of hydrogen-bond donors (Lipinski definition) is 3. The number of nitrogens with zero attached hydrogens (tertiary/aromatic N) is 1. The van der Waals surface area contributed by atoms with Crippen molar-refractivity contribution < 1.29 is 14.5 Å². The minimum absolute atomic E-state index is 0.118. The molecule has 0 radical (unpaired) electrons. The van der Waals surface area contributed by atoms with Gasteiger partial charge in [-0.15, -0.1) is 0 Å². The van der Waals surface area contributed by atoms with Crippen LogP contribution in [0, 0.1) is 10.1 Å². The van der Waals surface area contributed by atoms with Gasteiger partial charge in [-0.3, -0.25) is 14.9 Å². The molecule has 0 aliphatic carbocycles. The highest BCUT2D eigenvalue weighted by Gasteiger charge is 2.14. The summed E-state index contributed by atoms with van der Waals surface area (Å²) in [5.74, 6) is -0.455. The van der Waals surface area contributed by atoms with Crippen molar-refractivity contribution in [2.45, 2.75) is 0 Å². The second-order valence-electron chi connectivity index (χ2n) is 3.47. The quantitative estimate of drug-likeness (QED) is 0.417. The van der Waals surface area contributed by atoms with Gasteiger partial charge in [0.15, 0.2) is 0 Å². The van der Waals surface area contributed by atoms with Crippen LogP contribution < -0.4 is 16.4 Å². The summed E-state index contributed by atoms with van der Waals surface area (Å²) in [6.45, 7) is 0.359. The first-order valence-electron chi connectivity index (χ1n) is 5.17. The van der Waals surface area contributed by atoms with Gasteiger partial charge in [-0.25, -0.2) is 4.79 Å². The zero-order chi connectivity index (χ0) is 14.4. The molecule has 1 rings (SSSR count). The van der Waals surface area contributed by atoms with E-state index in [1.165, 1.54) is 12.1 Å². The molecule has 4 N–H and O–H groups in total. The smallest absolute Gasteiger partial charge is 0.312 e. The number of nitrogens with two attached hydrogens (primary N) is 1. The monoisotopic (exact) mass is 286 g/mol. The third-order valence-corrected chi connectivity index (χ3v) is 2.42. The molecule has 0 saturated heterocycles. The number of amides is 3. The molecule has 0 fully saturated rings. The molecule has 0 atom stereocenters. The van der Waals surface area contributed by atoms with E-state index in [1.54, 1.807) is 0 Å². The van der Waals surface area contributed by atoms with Crippen LogP contribution in [0.2, 0.25) is 5.02 Å². The third-order valence-electron chi connectivity index (χ3n) is 2.12. The van der Waals surface area contributed by atoms with Crippen molar-refractivity contribution in [3.63, 3.8) is 0 Å². The summed E-state index contributed by atoms with van der Waals surface area (Å²) in [5, 5.41) is 15.2. The van der Waals surface area contributed by atoms with E-state index in [1.807, 2.05) is 0 Å². The normalized spacial score (nSPS) is 9.74. The van der Waals surface area contributed by atoms with Crippen molar-refractivity contribution in [3.8, 4) is 0 Å². The highest BCUT2D eigenvalue weighted by molar-refractivity contribution is 6.33. The van der Waals surface area contributed by atoms with Crippen molar-refractivity contribution >= 4 is 29.2 Å². The number of primary amides is 1. The van der Waals surface area contributed by atoms with Crippen LogP contribution in [0.3, 0.4) is 0 Å². The summed E-state index contributed by atoms with van der Waals surface area (Å²) in [5.41, 5.74) is 4.76. The minimum atomic E-state index is -0.687. The molecular weight excluding hydrogens is 276 g/mol. The lowest BCUT2D eigenvalue weighted by Crippen LogP contribution is -2.37. The van der Waals surface area contributed by atoms with Gasteiger partial charge in [-0.2, -0.15) is 0 Å². The molecule has 1 aromatic rings. The largest absolute Gasteiger partial charge is 0.352 e. The van der Waals surface area contributed by atoms with Crippen LogP contribution in [0.4, 0.5) is 10.5 Å². The van der Waals surface area contributed by atoms with Gasteiger partial charge in [0.05, 0.1) is 4.92 Å². The molecule has 0 bridgehead atoms. The molecule has 0 unspecified atom stereocenters. The van der Waals surface area contributed by atoms with E-state index >= 15 is 0 Å².